The zero-order chi connectivity index (χ0) is 14.0. The molecule has 3 N–H and O–H groups in total. The van der Waals surface area contributed by atoms with Crippen LogP contribution >= 0.6 is 0 Å². The Bertz CT molecular complexity index is 480. The summed E-state index contributed by atoms with van der Waals surface area (Å²) < 4.78 is 18.4. The van der Waals surface area contributed by atoms with Crippen molar-refractivity contribution in [3.8, 4) is 0 Å². The van der Waals surface area contributed by atoms with Crippen LogP contribution in [0.1, 0.15) is 25.5 Å². The third-order valence-corrected chi connectivity index (χ3v) is 3.73. The Labute approximate surface area is 112 Å². The van der Waals surface area contributed by atoms with Crippen LogP contribution < -0.4 is 11.1 Å². The molecule has 0 saturated carbocycles. The molecule has 0 bridgehead atoms. The second-order valence-electron chi connectivity index (χ2n) is 5.29. The molecule has 1 aliphatic heterocycles. The Kier molecular flexibility index (Phi) is 3.87. The Morgan fingerprint density at radius 3 is 2.95 bits per heavy atom. The van der Waals surface area contributed by atoms with Gasteiger partial charge in [0, 0.05) is 6.04 Å². The minimum Gasteiger partial charge on any atom is -0.379 e. The molecule has 1 amide bonds. The van der Waals surface area contributed by atoms with Crippen molar-refractivity contribution in [3.05, 3.63) is 35.6 Å². The highest BCUT2D eigenvalue weighted by Crippen LogP contribution is 2.28. The van der Waals surface area contributed by atoms with E-state index in [0.29, 0.717) is 13.2 Å². The maximum atomic E-state index is 13.2. The molecule has 1 heterocycles. The van der Waals surface area contributed by atoms with Crippen molar-refractivity contribution in [2.24, 2.45) is 11.1 Å². The summed E-state index contributed by atoms with van der Waals surface area (Å²) in [4.78, 5) is 12.3. The molecule has 1 aromatic rings. The van der Waals surface area contributed by atoms with Crippen LogP contribution in [0.2, 0.25) is 0 Å². The van der Waals surface area contributed by atoms with Gasteiger partial charge in [0.15, 0.2) is 0 Å². The van der Waals surface area contributed by atoms with Crippen molar-refractivity contribution in [1.29, 1.82) is 0 Å². The lowest BCUT2D eigenvalue weighted by Gasteiger charge is -2.27. The first-order chi connectivity index (χ1) is 8.93. The summed E-state index contributed by atoms with van der Waals surface area (Å²) in [6.07, 6.45) is 0. The Balaban J connectivity index is 2.07. The van der Waals surface area contributed by atoms with Gasteiger partial charge in [0.1, 0.15) is 5.82 Å². The maximum absolute atomic E-state index is 13.2. The van der Waals surface area contributed by atoms with Gasteiger partial charge in [-0.3, -0.25) is 4.79 Å². The number of hydrogen-bond donors (Lipinski definition) is 2. The molecular weight excluding hydrogens is 247 g/mol. The number of ether oxygens (including phenoxy) is 1. The van der Waals surface area contributed by atoms with E-state index in [1.165, 1.54) is 12.1 Å². The predicted molar refractivity (Wildman–Crippen MR) is 69.9 cm³/mol. The van der Waals surface area contributed by atoms with E-state index >= 15 is 0 Å². The number of halogens is 1. The number of benzene rings is 1. The van der Waals surface area contributed by atoms with E-state index in [-0.39, 0.29) is 23.8 Å². The van der Waals surface area contributed by atoms with Crippen LogP contribution in [0.5, 0.6) is 0 Å². The van der Waals surface area contributed by atoms with Crippen LogP contribution in [0.15, 0.2) is 24.3 Å². The number of hydrogen-bond acceptors (Lipinski definition) is 3. The molecule has 0 aromatic heterocycles. The van der Waals surface area contributed by atoms with Gasteiger partial charge in [0.2, 0.25) is 5.91 Å². The first-order valence-electron chi connectivity index (χ1n) is 6.33. The molecule has 1 fully saturated rings. The van der Waals surface area contributed by atoms with Crippen molar-refractivity contribution in [3.63, 3.8) is 0 Å². The molecule has 0 spiro atoms. The highest BCUT2D eigenvalue weighted by Gasteiger charge is 2.44. The second-order valence-corrected chi connectivity index (χ2v) is 5.29. The summed E-state index contributed by atoms with van der Waals surface area (Å²) in [7, 11) is 0. The number of nitrogens with two attached hydrogens (primary N) is 1. The summed E-state index contributed by atoms with van der Waals surface area (Å²) in [6, 6.07) is 5.61. The van der Waals surface area contributed by atoms with Gasteiger partial charge in [-0.25, -0.2) is 4.39 Å². The molecule has 0 aliphatic carbocycles. The normalized spacial score (nSPS) is 28.1. The monoisotopic (exact) mass is 266 g/mol. The maximum Gasteiger partial charge on any atom is 0.230 e. The molecule has 0 radical (unpaired) electrons. The smallest absolute Gasteiger partial charge is 0.230 e. The van der Waals surface area contributed by atoms with Gasteiger partial charge in [-0.2, -0.15) is 0 Å². The van der Waals surface area contributed by atoms with Gasteiger partial charge in [-0.05, 0) is 31.5 Å². The fraction of sp³-hybridized carbons (Fsp3) is 0.500. The van der Waals surface area contributed by atoms with Crippen LogP contribution in [0.3, 0.4) is 0 Å². The van der Waals surface area contributed by atoms with Gasteiger partial charge in [0.25, 0.3) is 0 Å². The first-order valence-corrected chi connectivity index (χ1v) is 6.33. The van der Waals surface area contributed by atoms with E-state index in [4.69, 9.17) is 10.5 Å². The lowest BCUT2D eigenvalue weighted by molar-refractivity contribution is -0.131. The van der Waals surface area contributed by atoms with Gasteiger partial charge in [0.05, 0.1) is 24.7 Å². The summed E-state index contributed by atoms with van der Waals surface area (Å²) in [5, 5.41) is 2.87. The third kappa shape index (κ3) is 2.77. The molecule has 1 aliphatic rings. The van der Waals surface area contributed by atoms with Crippen molar-refractivity contribution < 1.29 is 13.9 Å². The van der Waals surface area contributed by atoms with Crippen LogP contribution in [-0.4, -0.2) is 25.2 Å². The average molecular weight is 266 g/mol. The van der Waals surface area contributed by atoms with E-state index in [0.717, 1.165) is 5.56 Å². The zero-order valence-corrected chi connectivity index (χ0v) is 11.2. The minimum absolute atomic E-state index is 0.158. The van der Waals surface area contributed by atoms with Crippen LogP contribution in [0.25, 0.3) is 0 Å². The van der Waals surface area contributed by atoms with Crippen LogP contribution in [0.4, 0.5) is 4.39 Å². The Morgan fingerprint density at radius 2 is 2.37 bits per heavy atom. The molecule has 19 heavy (non-hydrogen) atoms. The summed E-state index contributed by atoms with van der Waals surface area (Å²) in [6.45, 7) is 4.31. The van der Waals surface area contributed by atoms with Crippen molar-refractivity contribution in [1.82, 2.24) is 5.32 Å². The van der Waals surface area contributed by atoms with E-state index in [2.05, 4.69) is 5.32 Å². The lowest BCUT2D eigenvalue weighted by atomic mass is 9.84. The van der Waals surface area contributed by atoms with Crippen LogP contribution in [0, 0.1) is 11.2 Å². The topological polar surface area (TPSA) is 64.3 Å². The molecule has 2 rings (SSSR count). The molecule has 104 valence electrons. The highest BCUT2D eigenvalue weighted by molar-refractivity contribution is 5.84. The second kappa shape index (κ2) is 5.27. The summed E-state index contributed by atoms with van der Waals surface area (Å²) in [5.41, 5.74) is 5.91. The molecular formula is C14H19FN2O2. The van der Waals surface area contributed by atoms with Gasteiger partial charge >= 0.3 is 0 Å². The van der Waals surface area contributed by atoms with E-state index in [9.17, 15) is 9.18 Å². The number of carbonyl (C=O) groups excluding carboxylic acids is 1. The van der Waals surface area contributed by atoms with Crippen molar-refractivity contribution in [2.45, 2.75) is 25.9 Å². The van der Waals surface area contributed by atoms with E-state index in [1.807, 2.05) is 6.92 Å². The number of nitrogens with one attached hydrogen (secondary N) is 1. The zero-order valence-electron chi connectivity index (χ0n) is 11.2. The third-order valence-electron chi connectivity index (χ3n) is 3.73. The molecule has 4 nitrogen and oxygen atoms in total. The van der Waals surface area contributed by atoms with Crippen LogP contribution in [-0.2, 0) is 9.53 Å². The summed E-state index contributed by atoms with van der Waals surface area (Å²) >= 11 is 0. The van der Waals surface area contributed by atoms with Gasteiger partial charge < -0.3 is 15.8 Å². The molecule has 5 heteroatoms. The van der Waals surface area contributed by atoms with Crippen molar-refractivity contribution in [2.75, 3.05) is 13.2 Å². The van der Waals surface area contributed by atoms with Gasteiger partial charge in [-0.15, -0.1) is 0 Å². The fourth-order valence-corrected chi connectivity index (χ4v) is 2.14. The first kappa shape index (κ1) is 14.0. The van der Waals surface area contributed by atoms with E-state index in [1.54, 1.807) is 19.1 Å². The number of rotatable bonds is 3. The molecule has 3 unspecified atom stereocenters. The standard InChI is InChI=1S/C14H19FN2O2/c1-9(10-4-3-5-11(15)6-10)17-13(18)14(2)8-19-7-12(14)16/h3-6,9,12H,7-8,16H2,1-2H3,(H,17,18). The largest absolute Gasteiger partial charge is 0.379 e. The molecule has 1 aromatic carbocycles. The lowest BCUT2D eigenvalue weighted by Crippen LogP contribution is -2.50. The Morgan fingerprint density at radius 1 is 1.63 bits per heavy atom. The minimum atomic E-state index is -0.721. The van der Waals surface area contributed by atoms with E-state index < -0.39 is 5.41 Å². The van der Waals surface area contributed by atoms with Crippen molar-refractivity contribution >= 4 is 5.91 Å². The summed E-state index contributed by atoms with van der Waals surface area (Å²) in [5.74, 6) is -0.472. The average Bonchev–Trinajstić information content (AvgIpc) is 2.71. The predicted octanol–water partition coefficient (Wildman–Crippen LogP) is 1.37. The number of carbonyl (C=O) groups is 1. The van der Waals surface area contributed by atoms with Gasteiger partial charge in [-0.1, -0.05) is 12.1 Å². The molecule has 3 atom stereocenters. The highest BCUT2D eigenvalue weighted by atomic mass is 19.1. The number of amides is 1. The SMILES string of the molecule is CC(NC(=O)C1(C)COCC1N)c1cccc(F)c1. The fourth-order valence-electron chi connectivity index (χ4n) is 2.14. The quantitative estimate of drug-likeness (QED) is 0.868. The Hall–Kier alpha value is -1.46. The molecule has 1 saturated heterocycles.